The van der Waals surface area contributed by atoms with Gasteiger partial charge in [-0.2, -0.15) is 5.10 Å². The zero-order chi connectivity index (χ0) is 13.8. The summed E-state index contributed by atoms with van der Waals surface area (Å²) in [5.41, 5.74) is 5.20. The van der Waals surface area contributed by atoms with Crippen molar-refractivity contribution in [1.82, 2.24) is 15.2 Å². The van der Waals surface area contributed by atoms with Crippen LogP contribution in [0.1, 0.15) is 23.7 Å². The van der Waals surface area contributed by atoms with Gasteiger partial charge in [0.25, 0.3) is 0 Å². The van der Waals surface area contributed by atoms with Crippen molar-refractivity contribution in [2.45, 2.75) is 18.9 Å². The molecule has 2 aromatic rings. The Morgan fingerprint density at radius 3 is 2.89 bits per heavy atom. The van der Waals surface area contributed by atoms with E-state index < -0.39 is 0 Å². The predicted octanol–water partition coefficient (Wildman–Crippen LogP) is 2.82. The van der Waals surface area contributed by atoms with Gasteiger partial charge in [0, 0.05) is 33.6 Å². The van der Waals surface area contributed by atoms with E-state index in [1.807, 2.05) is 42.2 Å². The molecule has 19 heavy (non-hydrogen) atoms. The summed E-state index contributed by atoms with van der Waals surface area (Å²) in [6.45, 7) is 0. The molecule has 1 aromatic heterocycles. The molecule has 0 radical (unpaired) electrons. The molecular weight excluding hydrogens is 375 g/mol. The van der Waals surface area contributed by atoms with Gasteiger partial charge in [-0.25, -0.2) is 0 Å². The molecule has 3 N–H and O–H groups in total. The number of hydrogen-bond donors (Lipinski definition) is 2. The van der Waals surface area contributed by atoms with Crippen LogP contribution in [0.25, 0.3) is 0 Å². The fourth-order valence-electron chi connectivity index (χ4n) is 2.05. The Bertz CT molecular complexity index is 555. The lowest BCUT2D eigenvalue weighted by molar-refractivity contribution is 0.505. The van der Waals surface area contributed by atoms with E-state index in [1.54, 1.807) is 0 Å². The number of hydrogen-bond acceptors (Lipinski definition) is 3. The van der Waals surface area contributed by atoms with E-state index in [0.29, 0.717) is 0 Å². The molecule has 0 fully saturated rings. The second kappa shape index (κ2) is 6.69. The van der Waals surface area contributed by atoms with Crippen molar-refractivity contribution in [3.05, 3.63) is 50.3 Å². The minimum Gasteiger partial charge on any atom is -0.273 e. The van der Waals surface area contributed by atoms with Crippen molar-refractivity contribution in [3.8, 4) is 0 Å². The third kappa shape index (κ3) is 3.68. The molecule has 1 unspecified atom stereocenters. The Hall–Kier alpha value is -0.630. The number of benzene rings is 1. The molecule has 0 saturated carbocycles. The van der Waals surface area contributed by atoms with Crippen molar-refractivity contribution in [2.24, 2.45) is 12.9 Å². The Morgan fingerprint density at radius 1 is 1.47 bits per heavy atom. The largest absolute Gasteiger partial charge is 0.273 e. The average molecular weight is 391 g/mol. The molecular formula is C13H16ClIN4. The molecule has 102 valence electrons. The molecule has 1 aromatic carbocycles. The molecule has 0 aliphatic rings. The Labute approximate surface area is 131 Å². The first-order chi connectivity index (χ1) is 9.11. The van der Waals surface area contributed by atoms with E-state index in [2.05, 4.69) is 33.1 Å². The van der Waals surface area contributed by atoms with Gasteiger partial charge in [0.15, 0.2) is 0 Å². The summed E-state index contributed by atoms with van der Waals surface area (Å²) in [7, 11) is 1.95. The lowest BCUT2D eigenvalue weighted by Crippen LogP contribution is -2.29. The molecule has 1 heterocycles. The highest BCUT2D eigenvalue weighted by Crippen LogP contribution is 2.26. The number of aromatic nitrogens is 2. The first-order valence-corrected chi connectivity index (χ1v) is 7.45. The number of aryl methyl sites for hydroxylation is 2. The van der Waals surface area contributed by atoms with Crippen LogP contribution in [0.5, 0.6) is 0 Å². The van der Waals surface area contributed by atoms with Gasteiger partial charge in [-0.15, -0.1) is 0 Å². The number of nitrogens with one attached hydrogen (secondary N) is 1. The van der Waals surface area contributed by atoms with Crippen LogP contribution in [-0.2, 0) is 13.5 Å². The van der Waals surface area contributed by atoms with E-state index >= 15 is 0 Å². The Kier molecular flexibility index (Phi) is 5.20. The molecule has 6 heteroatoms. The summed E-state index contributed by atoms with van der Waals surface area (Å²) in [4.78, 5) is 0. The maximum absolute atomic E-state index is 6.06. The van der Waals surface area contributed by atoms with Gasteiger partial charge in [-0.05, 0) is 65.3 Å². The van der Waals surface area contributed by atoms with E-state index in [0.717, 1.165) is 27.0 Å². The van der Waals surface area contributed by atoms with Crippen LogP contribution < -0.4 is 11.3 Å². The smallest absolute Gasteiger partial charge is 0.0492 e. The van der Waals surface area contributed by atoms with Crippen LogP contribution in [0.15, 0.2) is 30.5 Å². The van der Waals surface area contributed by atoms with Gasteiger partial charge in [0.2, 0.25) is 0 Å². The average Bonchev–Trinajstić information content (AvgIpc) is 2.80. The predicted molar refractivity (Wildman–Crippen MR) is 85.8 cm³/mol. The summed E-state index contributed by atoms with van der Waals surface area (Å²) in [6.07, 6.45) is 3.61. The maximum Gasteiger partial charge on any atom is 0.0492 e. The zero-order valence-electron chi connectivity index (χ0n) is 10.6. The minimum atomic E-state index is 0.0838. The second-order valence-corrected chi connectivity index (χ2v) is 5.97. The summed E-state index contributed by atoms with van der Waals surface area (Å²) in [5.74, 6) is 5.68. The van der Waals surface area contributed by atoms with Crippen molar-refractivity contribution in [3.63, 3.8) is 0 Å². The number of nitrogens with zero attached hydrogens (tertiary/aromatic N) is 2. The van der Waals surface area contributed by atoms with Crippen LogP contribution in [0.3, 0.4) is 0 Å². The van der Waals surface area contributed by atoms with Crippen LogP contribution >= 0.6 is 34.2 Å². The van der Waals surface area contributed by atoms with E-state index in [-0.39, 0.29) is 6.04 Å². The number of nitrogens with two attached hydrogens (primary N) is 1. The first kappa shape index (κ1) is 14.8. The Morgan fingerprint density at radius 2 is 2.26 bits per heavy atom. The minimum absolute atomic E-state index is 0.0838. The normalized spacial score (nSPS) is 12.6. The summed E-state index contributed by atoms with van der Waals surface area (Å²) in [6, 6.07) is 7.97. The van der Waals surface area contributed by atoms with Gasteiger partial charge in [0.1, 0.15) is 0 Å². The third-order valence-electron chi connectivity index (χ3n) is 3.15. The zero-order valence-corrected chi connectivity index (χ0v) is 13.5. The first-order valence-electron chi connectivity index (χ1n) is 5.99. The van der Waals surface area contributed by atoms with Gasteiger partial charge in [-0.1, -0.05) is 11.6 Å². The highest BCUT2D eigenvalue weighted by molar-refractivity contribution is 14.1. The van der Waals surface area contributed by atoms with Gasteiger partial charge >= 0.3 is 0 Å². The SMILES string of the molecule is Cn1nccc1CCC(NN)c1cc(Cl)ccc1I. The standard InChI is InChI=1S/C13H16ClIN4/c1-19-10(6-7-17-19)3-5-13(18-16)11-8-9(14)2-4-12(11)15/h2,4,6-8,13,18H,3,5,16H2,1H3. The van der Waals surface area contributed by atoms with Crippen molar-refractivity contribution in [1.29, 1.82) is 0 Å². The second-order valence-electron chi connectivity index (χ2n) is 4.37. The van der Waals surface area contributed by atoms with Crippen LogP contribution in [0.2, 0.25) is 5.02 Å². The molecule has 0 aliphatic heterocycles. The maximum atomic E-state index is 6.06. The van der Waals surface area contributed by atoms with E-state index in [4.69, 9.17) is 17.4 Å². The van der Waals surface area contributed by atoms with Gasteiger partial charge < -0.3 is 0 Å². The van der Waals surface area contributed by atoms with E-state index in [9.17, 15) is 0 Å². The fourth-order valence-corrected chi connectivity index (χ4v) is 2.94. The van der Waals surface area contributed by atoms with Crippen LogP contribution in [-0.4, -0.2) is 9.78 Å². The molecule has 0 spiro atoms. The third-order valence-corrected chi connectivity index (χ3v) is 4.36. The lowest BCUT2D eigenvalue weighted by atomic mass is 10.0. The lowest BCUT2D eigenvalue weighted by Gasteiger charge is -2.18. The van der Waals surface area contributed by atoms with Crippen molar-refractivity contribution < 1.29 is 0 Å². The molecule has 0 aliphatic carbocycles. The number of hydrazine groups is 1. The molecule has 0 bridgehead atoms. The van der Waals surface area contributed by atoms with Crippen LogP contribution in [0.4, 0.5) is 0 Å². The molecule has 4 nitrogen and oxygen atoms in total. The number of rotatable bonds is 5. The quantitative estimate of drug-likeness (QED) is 0.469. The summed E-state index contributed by atoms with van der Waals surface area (Å²) < 4.78 is 3.05. The molecule has 1 atom stereocenters. The molecule has 2 rings (SSSR count). The number of halogens is 2. The fraction of sp³-hybridized carbons (Fsp3) is 0.308. The topological polar surface area (TPSA) is 55.9 Å². The highest BCUT2D eigenvalue weighted by Gasteiger charge is 2.14. The monoisotopic (exact) mass is 390 g/mol. The highest BCUT2D eigenvalue weighted by atomic mass is 127. The van der Waals surface area contributed by atoms with Gasteiger partial charge in [0.05, 0.1) is 0 Å². The van der Waals surface area contributed by atoms with Crippen LogP contribution in [0, 0.1) is 3.57 Å². The Balaban J connectivity index is 2.12. The van der Waals surface area contributed by atoms with Gasteiger partial charge in [-0.3, -0.25) is 16.0 Å². The van der Waals surface area contributed by atoms with Crippen molar-refractivity contribution in [2.75, 3.05) is 0 Å². The molecule has 0 saturated heterocycles. The van der Waals surface area contributed by atoms with E-state index in [1.165, 1.54) is 5.69 Å². The molecule has 0 amide bonds. The summed E-state index contributed by atoms with van der Waals surface area (Å²) >= 11 is 8.36. The summed E-state index contributed by atoms with van der Waals surface area (Å²) in [5, 5.41) is 4.90. The van der Waals surface area contributed by atoms with Crippen molar-refractivity contribution >= 4 is 34.2 Å².